The molecule has 0 radical (unpaired) electrons. The molecule has 3 heterocycles. The van der Waals surface area contributed by atoms with Crippen LogP contribution < -0.4 is 4.74 Å². The number of fused-ring (bicyclic) bond motifs is 4. The van der Waals surface area contributed by atoms with Gasteiger partial charge >= 0.3 is 0 Å². The molecule has 0 spiro atoms. The maximum absolute atomic E-state index is 6.55. The molecule has 3 aromatic heterocycles. The Kier molecular flexibility index (Phi) is 6.91. The minimum atomic E-state index is -0.159. The Labute approximate surface area is 274 Å². The molecule has 0 aliphatic heterocycles. The van der Waals surface area contributed by atoms with Crippen LogP contribution in [0.25, 0.3) is 44.2 Å². The van der Waals surface area contributed by atoms with Crippen LogP contribution in [-0.2, 0) is 5.41 Å². The van der Waals surface area contributed by atoms with E-state index in [2.05, 4.69) is 134 Å². The van der Waals surface area contributed by atoms with Crippen molar-refractivity contribution in [1.29, 1.82) is 0 Å². The van der Waals surface area contributed by atoms with Gasteiger partial charge in [-0.25, -0.2) is 9.67 Å². The maximum atomic E-state index is 6.55. The van der Waals surface area contributed by atoms with Gasteiger partial charge in [-0.3, -0.25) is 4.57 Å². The first-order valence-corrected chi connectivity index (χ1v) is 16.2. The minimum absolute atomic E-state index is 0.159. The Morgan fingerprint density at radius 1 is 0.638 bits per heavy atom. The van der Waals surface area contributed by atoms with Crippen molar-refractivity contribution in [3.8, 4) is 23.0 Å². The highest BCUT2D eigenvalue weighted by Gasteiger charge is 2.25. The van der Waals surface area contributed by atoms with E-state index < -0.39 is 0 Å². The normalized spacial score (nSPS) is 12.0. The van der Waals surface area contributed by atoms with Crippen molar-refractivity contribution in [2.45, 2.75) is 39.0 Å². The van der Waals surface area contributed by atoms with Crippen molar-refractivity contribution < 1.29 is 4.74 Å². The largest absolute Gasteiger partial charge is 0.457 e. The van der Waals surface area contributed by atoms with E-state index >= 15 is 0 Å². The molecule has 8 aromatic rings. The number of hydrogen-bond acceptors (Lipinski definition) is 3. The Morgan fingerprint density at radius 2 is 1.45 bits per heavy atom. The summed E-state index contributed by atoms with van der Waals surface area (Å²) in [5.74, 6) is 2.79. The van der Waals surface area contributed by atoms with Gasteiger partial charge in [-0.05, 0) is 77.2 Å². The van der Waals surface area contributed by atoms with Gasteiger partial charge < -0.3 is 4.74 Å². The van der Waals surface area contributed by atoms with E-state index in [0.29, 0.717) is 5.92 Å². The van der Waals surface area contributed by atoms with Crippen LogP contribution >= 0.6 is 0 Å². The molecule has 8 rings (SSSR count). The summed E-state index contributed by atoms with van der Waals surface area (Å²) in [5.41, 5.74) is 7.82. The zero-order valence-electron chi connectivity index (χ0n) is 27.1. The van der Waals surface area contributed by atoms with Crippen molar-refractivity contribution in [2.24, 2.45) is 0 Å². The van der Waals surface area contributed by atoms with Crippen LogP contribution in [0, 0.1) is 0 Å². The number of ether oxygens (including phenoxy) is 1. The first kappa shape index (κ1) is 28.8. The van der Waals surface area contributed by atoms with Crippen molar-refractivity contribution in [3.63, 3.8) is 0 Å². The number of pyridine rings is 1. The van der Waals surface area contributed by atoms with E-state index in [9.17, 15) is 0 Å². The molecule has 230 valence electrons. The van der Waals surface area contributed by atoms with E-state index in [0.717, 1.165) is 50.3 Å². The van der Waals surface area contributed by atoms with Gasteiger partial charge in [0, 0.05) is 39.9 Å². The van der Waals surface area contributed by atoms with Gasteiger partial charge in [0.2, 0.25) is 0 Å². The van der Waals surface area contributed by atoms with Crippen molar-refractivity contribution in [3.05, 3.63) is 156 Å². The minimum Gasteiger partial charge on any atom is -0.457 e. The summed E-state index contributed by atoms with van der Waals surface area (Å²) in [7, 11) is 0. The molecule has 47 heavy (non-hydrogen) atoms. The average molecular weight is 613 g/mol. The van der Waals surface area contributed by atoms with Gasteiger partial charge in [-0.1, -0.05) is 88.4 Å². The third-order valence-corrected chi connectivity index (χ3v) is 9.40. The van der Waals surface area contributed by atoms with Crippen LogP contribution in [0.15, 0.2) is 140 Å². The Bertz CT molecular complexity index is 2400. The lowest BCUT2D eigenvalue weighted by atomic mass is 9.78. The average Bonchev–Trinajstić information content (AvgIpc) is 3.68. The Morgan fingerprint density at radius 3 is 2.30 bits per heavy atom. The molecule has 0 aliphatic carbocycles. The maximum Gasteiger partial charge on any atom is 0.137 e. The summed E-state index contributed by atoms with van der Waals surface area (Å²) >= 11 is 0. The van der Waals surface area contributed by atoms with Crippen LogP contribution in [0.5, 0.6) is 11.5 Å². The molecule has 0 aliphatic rings. The third kappa shape index (κ3) is 5.05. The molecule has 0 saturated heterocycles. The fraction of sp³-hybridized carbons (Fsp3) is 0.143. The second-order valence-corrected chi connectivity index (χ2v) is 13.1. The molecule has 5 aromatic carbocycles. The molecule has 0 atom stereocenters. The molecule has 0 N–H and O–H groups in total. The van der Waals surface area contributed by atoms with E-state index in [1.165, 1.54) is 22.1 Å². The van der Waals surface area contributed by atoms with E-state index in [-0.39, 0.29) is 5.41 Å². The van der Waals surface area contributed by atoms with Gasteiger partial charge in [0.05, 0.1) is 28.4 Å². The zero-order chi connectivity index (χ0) is 32.1. The number of para-hydroxylation sites is 1. The van der Waals surface area contributed by atoms with Gasteiger partial charge in [-0.15, -0.1) is 0 Å². The molecule has 0 saturated carbocycles. The molecule has 0 fully saturated rings. The fourth-order valence-corrected chi connectivity index (χ4v) is 6.63. The van der Waals surface area contributed by atoms with Gasteiger partial charge in [0.25, 0.3) is 0 Å². The van der Waals surface area contributed by atoms with Crippen LogP contribution in [0.1, 0.15) is 50.3 Å². The quantitative estimate of drug-likeness (QED) is 0.180. The number of nitrogens with zero attached hydrogens (tertiary/aromatic N) is 4. The van der Waals surface area contributed by atoms with Crippen molar-refractivity contribution >= 4 is 32.7 Å². The summed E-state index contributed by atoms with van der Waals surface area (Å²) in [6.45, 7) is 9.02. The smallest absolute Gasteiger partial charge is 0.137 e. The Balaban J connectivity index is 1.26. The zero-order valence-corrected chi connectivity index (χ0v) is 27.1. The third-order valence-electron chi connectivity index (χ3n) is 9.40. The first-order chi connectivity index (χ1) is 22.9. The lowest BCUT2D eigenvalue weighted by Crippen LogP contribution is -2.18. The topological polar surface area (TPSA) is 44.9 Å². The molecule has 0 amide bonds. The summed E-state index contributed by atoms with van der Waals surface area (Å²) in [6.07, 6.45) is 3.81. The molecule has 0 unspecified atom stereocenters. The molecular formula is C42H36N4O. The van der Waals surface area contributed by atoms with E-state index in [1.807, 2.05) is 47.4 Å². The highest BCUT2D eigenvalue weighted by Crippen LogP contribution is 2.39. The monoisotopic (exact) mass is 612 g/mol. The van der Waals surface area contributed by atoms with Gasteiger partial charge in [-0.2, -0.15) is 5.10 Å². The second-order valence-electron chi connectivity index (χ2n) is 13.1. The van der Waals surface area contributed by atoms with Gasteiger partial charge in [0.1, 0.15) is 17.3 Å². The number of hydrogen-bond donors (Lipinski definition) is 0. The molecular weight excluding hydrogens is 576 g/mol. The predicted octanol–water partition coefficient (Wildman–Crippen LogP) is 10.8. The second kappa shape index (κ2) is 11.3. The molecule has 5 nitrogen and oxygen atoms in total. The van der Waals surface area contributed by atoms with Crippen LogP contribution in [0.4, 0.5) is 0 Å². The lowest BCUT2D eigenvalue weighted by molar-refractivity contribution is 0.483. The summed E-state index contributed by atoms with van der Waals surface area (Å²) in [4.78, 5) is 4.87. The number of benzene rings is 5. The Hall–Kier alpha value is -5.68. The number of rotatable bonds is 7. The standard InChI is InChI=1S/C42H36N4O/c1-28(2)29-21-22-43-41(23-29)45-39-20-17-32(42(3,4)31-12-6-5-7-13-31)24-37(39)36-19-18-35(26-40(36)45)47-34-15-10-14-33(25-34)46-38-16-9-8-11-30(38)27-44-46/h5-28H,1-4H3. The molecule has 5 heteroatoms. The summed E-state index contributed by atoms with van der Waals surface area (Å²) in [5, 5.41) is 8.09. The molecule has 0 bridgehead atoms. The van der Waals surface area contributed by atoms with E-state index in [4.69, 9.17) is 9.72 Å². The highest BCUT2D eigenvalue weighted by molar-refractivity contribution is 6.09. The summed E-state index contributed by atoms with van der Waals surface area (Å²) in [6, 6.07) is 44.6. The number of aromatic nitrogens is 4. The van der Waals surface area contributed by atoms with E-state index in [1.54, 1.807) is 0 Å². The van der Waals surface area contributed by atoms with Crippen LogP contribution in [-0.4, -0.2) is 19.3 Å². The SMILES string of the molecule is CC(C)c1ccnc(-n2c3ccc(C(C)(C)c4ccccc4)cc3c3ccc(Oc4cccc(-n5ncc6ccccc65)c4)cc32)c1. The van der Waals surface area contributed by atoms with Crippen LogP contribution in [0.2, 0.25) is 0 Å². The van der Waals surface area contributed by atoms with Crippen molar-refractivity contribution in [1.82, 2.24) is 19.3 Å². The fourth-order valence-electron chi connectivity index (χ4n) is 6.63. The lowest BCUT2D eigenvalue weighted by Gasteiger charge is -2.26. The first-order valence-electron chi connectivity index (χ1n) is 16.2. The van der Waals surface area contributed by atoms with Gasteiger partial charge in [0.15, 0.2) is 0 Å². The summed E-state index contributed by atoms with van der Waals surface area (Å²) < 4.78 is 10.8. The van der Waals surface area contributed by atoms with Crippen LogP contribution in [0.3, 0.4) is 0 Å². The highest BCUT2D eigenvalue weighted by atomic mass is 16.5. The van der Waals surface area contributed by atoms with Crippen molar-refractivity contribution in [2.75, 3.05) is 0 Å². The predicted molar refractivity (Wildman–Crippen MR) is 192 cm³/mol.